The molecule has 1 saturated heterocycles. The first-order chi connectivity index (χ1) is 7.01. The molecule has 86 valence electrons. The van der Waals surface area contributed by atoms with Gasteiger partial charge in [0, 0.05) is 31.2 Å². The Morgan fingerprint density at radius 3 is 2.73 bits per heavy atom. The first kappa shape index (κ1) is 11.2. The standard InChI is InChI=1S/C13H24N2/c1-10(2)8-15-9-13(4,12-5-6-12)14-7-11(15)3/h11-12,14H,1,5-9H2,2-4H3. The highest BCUT2D eigenvalue weighted by Crippen LogP contribution is 2.41. The monoisotopic (exact) mass is 208 g/mol. The van der Waals surface area contributed by atoms with Crippen LogP contribution in [-0.4, -0.2) is 36.1 Å². The summed E-state index contributed by atoms with van der Waals surface area (Å²) in [4.78, 5) is 2.58. The summed E-state index contributed by atoms with van der Waals surface area (Å²) in [7, 11) is 0. The summed E-state index contributed by atoms with van der Waals surface area (Å²) in [6, 6.07) is 0.647. The lowest BCUT2D eigenvalue weighted by Crippen LogP contribution is -2.63. The van der Waals surface area contributed by atoms with Crippen LogP contribution in [0.5, 0.6) is 0 Å². The van der Waals surface area contributed by atoms with Gasteiger partial charge in [-0.05, 0) is 39.5 Å². The molecule has 0 spiro atoms. The van der Waals surface area contributed by atoms with E-state index in [1.807, 2.05) is 0 Å². The number of nitrogens with zero attached hydrogens (tertiary/aromatic N) is 1. The first-order valence-electron chi connectivity index (χ1n) is 6.15. The Morgan fingerprint density at radius 2 is 2.20 bits per heavy atom. The molecule has 2 rings (SSSR count). The van der Waals surface area contributed by atoms with E-state index in [0.29, 0.717) is 11.6 Å². The summed E-state index contributed by atoms with van der Waals surface area (Å²) in [5.74, 6) is 0.914. The van der Waals surface area contributed by atoms with Gasteiger partial charge in [0.05, 0.1) is 0 Å². The van der Waals surface area contributed by atoms with Crippen LogP contribution in [0.4, 0.5) is 0 Å². The van der Waals surface area contributed by atoms with E-state index in [1.54, 1.807) is 0 Å². The highest BCUT2D eigenvalue weighted by Gasteiger charge is 2.45. The molecule has 0 amide bonds. The zero-order chi connectivity index (χ0) is 11.1. The molecule has 2 heteroatoms. The lowest BCUT2D eigenvalue weighted by Gasteiger charge is -2.45. The van der Waals surface area contributed by atoms with Crippen molar-refractivity contribution >= 4 is 0 Å². The van der Waals surface area contributed by atoms with Crippen LogP contribution in [0.3, 0.4) is 0 Å². The molecular weight excluding hydrogens is 184 g/mol. The highest BCUT2D eigenvalue weighted by atomic mass is 15.3. The lowest BCUT2D eigenvalue weighted by atomic mass is 9.91. The molecule has 2 aliphatic rings. The lowest BCUT2D eigenvalue weighted by molar-refractivity contribution is 0.0920. The van der Waals surface area contributed by atoms with Gasteiger partial charge in [0.1, 0.15) is 0 Å². The fraction of sp³-hybridized carbons (Fsp3) is 0.846. The maximum absolute atomic E-state index is 4.03. The fourth-order valence-corrected chi connectivity index (χ4v) is 2.70. The third-order valence-corrected chi connectivity index (χ3v) is 3.91. The molecule has 2 fully saturated rings. The smallest absolute Gasteiger partial charge is 0.0309 e. The maximum Gasteiger partial charge on any atom is 0.0309 e. The van der Waals surface area contributed by atoms with Gasteiger partial charge < -0.3 is 5.32 Å². The van der Waals surface area contributed by atoms with Gasteiger partial charge in [0.2, 0.25) is 0 Å². The van der Waals surface area contributed by atoms with Gasteiger partial charge in [-0.25, -0.2) is 0 Å². The molecule has 0 aromatic heterocycles. The van der Waals surface area contributed by atoms with E-state index in [1.165, 1.54) is 25.0 Å². The van der Waals surface area contributed by atoms with E-state index in [9.17, 15) is 0 Å². The molecular formula is C13H24N2. The van der Waals surface area contributed by atoms with Crippen molar-refractivity contribution in [2.24, 2.45) is 5.92 Å². The Balaban J connectivity index is 1.99. The van der Waals surface area contributed by atoms with E-state index >= 15 is 0 Å². The molecule has 2 unspecified atom stereocenters. The molecule has 0 radical (unpaired) electrons. The predicted octanol–water partition coefficient (Wildman–Crippen LogP) is 2.02. The van der Waals surface area contributed by atoms with Crippen LogP contribution in [-0.2, 0) is 0 Å². The molecule has 1 heterocycles. The van der Waals surface area contributed by atoms with Gasteiger partial charge in [-0.3, -0.25) is 4.90 Å². The third kappa shape index (κ3) is 2.43. The number of piperazine rings is 1. The van der Waals surface area contributed by atoms with Crippen LogP contribution in [0, 0.1) is 5.92 Å². The topological polar surface area (TPSA) is 15.3 Å². The van der Waals surface area contributed by atoms with Crippen LogP contribution in [0.25, 0.3) is 0 Å². The van der Waals surface area contributed by atoms with Crippen molar-refractivity contribution in [2.45, 2.75) is 45.2 Å². The minimum atomic E-state index is 0.363. The number of hydrogen-bond donors (Lipinski definition) is 1. The summed E-state index contributed by atoms with van der Waals surface area (Å²) in [6.07, 6.45) is 2.83. The largest absolute Gasteiger partial charge is 0.308 e. The van der Waals surface area contributed by atoms with Crippen molar-refractivity contribution in [3.63, 3.8) is 0 Å². The quantitative estimate of drug-likeness (QED) is 0.714. The van der Waals surface area contributed by atoms with Crippen molar-refractivity contribution in [1.82, 2.24) is 10.2 Å². The zero-order valence-electron chi connectivity index (χ0n) is 10.3. The summed E-state index contributed by atoms with van der Waals surface area (Å²) >= 11 is 0. The van der Waals surface area contributed by atoms with Crippen LogP contribution in [0.1, 0.15) is 33.6 Å². The third-order valence-electron chi connectivity index (χ3n) is 3.91. The predicted molar refractivity (Wildman–Crippen MR) is 65.0 cm³/mol. The summed E-state index contributed by atoms with van der Waals surface area (Å²) in [5.41, 5.74) is 1.64. The molecule has 1 N–H and O–H groups in total. The fourth-order valence-electron chi connectivity index (χ4n) is 2.70. The molecule has 1 aliphatic carbocycles. The molecule has 2 nitrogen and oxygen atoms in total. The number of nitrogens with one attached hydrogen (secondary N) is 1. The normalized spacial score (nSPS) is 37.9. The van der Waals surface area contributed by atoms with Crippen molar-refractivity contribution in [3.05, 3.63) is 12.2 Å². The first-order valence-corrected chi connectivity index (χ1v) is 6.15. The number of hydrogen-bond acceptors (Lipinski definition) is 2. The van der Waals surface area contributed by atoms with E-state index in [-0.39, 0.29) is 0 Å². The van der Waals surface area contributed by atoms with Gasteiger partial charge >= 0.3 is 0 Å². The maximum atomic E-state index is 4.03. The minimum absolute atomic E-state index is 0.363. The Kier molecular flexibility index (Phi) is 2.91. The van der Waals surface area contributed by atoms with Crippen molar-refractivity contribution < 1.29 is 0 Å². The van der Waals surface area contributed by atoms with Gasteiger partial charge in [-0.1, -0.05) is 12.2 Å². The molecule has 1 saturated carbocycles. The highest BCUT2D eigenvalue weighted by molar-refractivity contribution is 5.05. The van der Waals surface area contributed by atoms with E-state index in [0.717, 1.165) is 19.0 Å². The second-order valence-corrected chi connectivity index (χ2v) is 5.78. The van der Waals surface area contributed by atoms with Gasteiger partial charge in [0.15, 0.2) is 0 Å². The summed E-state index contributed by atoms with van der Waals surface area (Å²) in [5, 5.41) is 3.74. The van der Waals surface area contributed by atoms with E-state index < -0.39 is 0 Å². The van der Waals surface area contributed by atoms with Gasteiger partial charge in [-0.2, -0.15) is 0 Å². The van der Waals surface area contributed by atoms with Crippen molar-refractivity contribution in [2.75, 3.05) is 19.6 Å². The zero-order valence-corrected chi connectivity index (χ0v) is 10.3. The summed E-state index contributed by atoms with van der Waals surface area (Å²) < 4.78 is 0. The summed E-state index contributed by atoms with van der Waals surface area (Å²) in [6.45, 7) is 14.2. The number of rotatable bonds is 3. The SMILES string of the molecule is C=C(C)CN1CC(C)(C2CC2)NCC1C. The molecule has 0 bridgehead atoms. The average molecular weight is 208 g/mol. The van der Waals surface area contributed by atoms with Crippen LogP contribution in [0.15, 0.2) is 12.2 Å². The Labute approximate surface area is 93.7 Å². The average Bonchev–Trinajstić information content (AvgIpc) is 2.93. The minimum Gasteiger partial charge on any atom is -0.308 e. The van der Waals surface area contributed by atoms with Gasteiger partial charge in [0.25, 0.3) is 0 Å². The van der Waals surface area contributed by atoms with Crippen LogP contribution >= 0.6 is 0 Å². The second-order valence-electron chi connectivity index (χ2n) is 5.78. The van der Waals surface area contributed by atoms with Gasteiger partial charge in [-0.15, -0.1) is 0 Å². The van der Waals surface area contributed by atoms with Crippen LogP contribution in [0.2, 0.25) is 0 Å². The molecule has 15 heavy (non-hydrogen) atoms. The Bertz CT molecular complexity index is 257. The molecule has 1 aliphatic heterocycles. The van der Waals surface area contributed by atoms with Crippen molar-refractivity contribution in [1.29, 1.82) is 0 Å². The molecule has 0 aromatic carbocycles. The van der Waals surface area contributed by atoms with E-state index in [2.05, 4.69) is 37.6 Å². The Hall–Kier alpha value is -0.340. The van der Waals surface area contributed by atoms with Crippen LogP contribution < -0.4 is 5.32 Å². The van der Waals surface area contributed by atoms with E-state index in [4.69, 9.17) is 0 Å². The molecule has 2 atom stereocenters. The molecule has 0 aromatic rings. The van der Waals surface area contributed by atoms with Crippen molar-refractivity contribution in [3.8, 4) is 0 Å². The Morgan fingerprint density at radius 1 is 1.53 bits per heavy atom. The second kappa shape index (κ2) is 3.91.